The lowest BCUT2D eigenvalue weighted by Crippen LogP contribution is -2.22. The number of nitrogens with one attached hydrogen (secondary N) is 1. The lowest BCUT2D eigenvalue weighted by molar-refractivity contribution is 0.0997. The molecule has 5 heteroatoms. The van der Waals surface area contributed by atoms with Crippen LogP contribution in [0.4, 0.5) is 10.1 Å². The Morgan fingerprint density at radius 2 is 1.95 bits per heavy atom. The van der Waals surface area contributed by atoms with Gasteiger partial charge in [0.2, 0.25) is 0 Å². The topological polar surface area (TPSA) is 55.1 Å². The SMILES string of the molecule is NC(=O)c1c(F)cc(Br)cc1NCC1(c2ccccc2)CC1. The van der Waals surface area contributed by atoms with Crippen LogP contribution in [0.5, 0.6) is 0 Å². The zero-order valence-corrected chi connectivity index (χ0v) is 13.5. The van der Waals surface area contributed by atoms with Crippen LogP contribution in [0.3, 0.4) is 0 Å². The van der Waals surface area contributed by atoms with Gasteiger partial charge in [0.25, 0.3) is 5.91 Å². The molecule has 1 aliphatic rings. The molecule has 114 valence electrons. The van der Waals surface area contributed by atoms with Gasteiger partial charge in [-0.3, -0.25) is 4.79 Å². The highest BCUT2D eigenvalue weighted by Crippen LogP contribution is 2.48. The first-order chi connectivity index (χ1) is 10.5. The standard InChI is InChI=1S/C17H16BrFN2O/c18-12-8-13(19)15(16(20)22)14(9-12)21-10-17(6-7-17)11-4-2-1-3-5-11/h1-5,8-9,21H,6-7,10H2,(H2,20,22). The molecule has 0 atom stereocenters. The van der Waals surface area contributed by atoms with E-state index in [2.05, 4.69) is 33.4 Å². The molecule has 0 aromatic heterocycles. The largest absolute Gasteiger partial charge is 0.383 e. The Morgan fingerprint density at radius 1 is 1.27 bits per heavy atom. The van der Waals surface area contributed by atoms with E-state index >= 15 is 0 Å². The van der Waals surface area contributed by atoms with Gasteiger partial charge < -0.3 is 11.1 Å². The Bertz CT molecular complexity index is 714. The summed E-state index contributed by atoms with van der Waals surface area (Å²) in [5.74, 6) is -1.38. The molecule has 3 N–H and O–H groups in total. The summed E-state index contributed by atoms with van der Waals surface area (Å²) in [4.78, 5) is 11.5. The Labute approximate surface area is 136 Å². The van der Waals surface area contributed by atoms with E-state index in [1.165, 1.54) is 11.6 Å². The summed E-state index contributed by atoms with van der Waals surface area (Å²) in [6.45, 7) is 0.646. The number of rotatable bonds is 5. The van der Waals surface area contributed by atoms with Crippen molar-refractivity contribution in [3.8, 4) is 0 Å². The van der Waals surface area contributed by atoms with Crippen LogP contribution in [0.1, 0.15) is 28.8 Å². The second kappa shape index (κ2) is 5.72. The molecule has 3 nitrogen and oxygen atoms in total. The minimum absolute atomic E-state index is 0.0645. The number of primary amides is 1. The Morgan fingerprint density at radius 3 is 2.55 bits per heavy atom. The number of halogens is 2. The number of hydrogen-bond acceptors (Lipinski definition) is 2. The van der Waals surface area contributed by atoms with Crippen LogP contribution in [0.25, 0.3) is 0 Å². The van der Waals surface area contributed by atoms with Gasteiger partial charge in [0.15, 0.2) is 0 Å². The normalized spacial score (nSPS) is 15.4. The highest BCUT2D eigenvalue weighted by molar-refractivity contribution is 9.10. The van der Waals surface area contributed by atoms with Crippen LogP contribution in [-0.4, -0.2) is 12.5 Å². The van der Waals surface area contributed by atoms with Crippen molar-refractivity contribution >= 4 is 27.5 Å². The van der Waals surface area contributed by atoms with Crippen LogP contribution in [0.15, 0.2) is 46.9 Å². The zero-order chi connectivity index (χ0) is 15.7. The van der Waals surface area contributed by atoms with Crippen molar-refractivity contribution in [3.63, 3.8) is 0 Å². The average molecular weight is 363 g/mol. The molecule has 0 radical (unpaired) electrons. The molecule has 0 bridgehead atoms. The zero-order valence-electron chi connectivity index (χ0n) is 11.9. The van der Waals surface area contributed by atoms with Gasteiger partial charge in [-0.25, -0.2) is 4.39 Å². The molecule has 1 fully saturated rings. The predicted octanol–water partition coefficient (Wildman–Crippen LogP) is 3.83. The van der Waals surface area contributed by atoms with E-state index in [4.69, 9.17) is 5.73 Å². The molecule has 3 rings (SSSR count). The van der Waals surface area contributed by atoms with Gasteiger partial charge in [-0.2, -0.15) is 0 Å². The predicted molar refractivity (Wildman–Crippen MR) is 88.5 cm³/mol. The van der Waals surface area contributed by atoms with Crippen LogP contribution in [0, 0.1) is 5.82 Å². The van der Waals surface area contributed by atoms with Crippen LogP contribution in [-0.2, 0) is 5.41 Å². The molecule has 1 aliphatic carbocycles. The summed E-state index contributed by atoms with van der Waals surface area (Å²) >= 11 is 3.25. The molecule has 2 aromatic carbocycles. The lowest BCUT2D eigenvalue weighted by Gasteiger charge is -2.19. The third kappa shape index (κ3) is 2.86. The number of hydrogen-bond donors (Lipinski definition) is 2. The van der Waals surface area contributed by atoms with Crippen LogP contribution >= 0.6 is 15.9 Å². The molecule has 0 saturated heterocycles. The molecular formula is C17H16BrFN2O. The maximum Gasteiger partial charge on any atom is 0.253 e. The fourth-order valence-corrected chi connectivity index (χ4v) is 3.17. The summed E-state index contributed by atoms with van der Waals surface area (Å²) < 4.78 is 14.5. The van der Waals surface area contributed by atoms with E-state index in [0.29, 0.717) is 16.7 Å². The van der Waals surface area contributed by atoms with E-state index in [-0.39, 0.29) is 11.0 Å². The van der Waals surface area contributed by atoms with E-state index in [9.17, 15) is 9.18 Å². The summed E-state index contributed by atoms with van der Waals surface area (Å²) in [5.41, 5.74) is 6.97. The molecule has 2 aromatic rings. The summed E-state index contributed by atoms with van der Waals surface area (Å²) in [6.07, 6.45) is 2.15. The van der Waals surface area contributed by atoms with Crippen molar-refractivity contribution in [1.82, 2.24) is 0 Å². The van der Waals surface area contributed by atoms with Gasteiger partial charge in [0, 0.05) is 16.4 Å². The molecule has 22 heavy (non-hydrogen) atoms. The number of carbonyl (C=O) groups is 1. The maximum atomic E-state index is 13.9. The minimum atomic E-state index is -0.767. The number of carbonyl (C=O) groups excluding carboxylic acids is 1. The van der Waals surface area contributed by atoms with Crippen LogP contribution in [0.2, 0.25) is 0 Å². The van der Waals surface area contributed by atoms with Crippen molar-refractivity contribution in [1.29, 1.82) is 0 Å². The van der Waals surface area contributed by atoms with E-state index in [1.54, 1.807) is 6.07 Å². The molecule has 1 amide bonds. The third-order valence-corrected chi connectivity index (χ3v) is 4.62. The second-order valence-corrected chi connectivity index (χ2v) is 6.59. The molecule has 0 unspecified atom stereocenters. The third-order valence-electron chi connectivity index (χ3n) is 4.16. The van der Waals surface area contributed by atoms with Gasteiger partial charge in [-0.05, 0) is 30.5 Å². The van der Waals surface area contributed by atoms with Crippen molar-refractivity contribution < 1.29 is 9.18 Å². The smallest absolute Gasteiger partial charge is 0.253 e. The number of anilines is 1. The van der Waals surface area contributed by atoms with Gasteiger partial charge in [-0.1, -0.05) is 46.3 Å². The lowest BCUT2D eigenvalue weighted by atomic mass is 9.96. The van der Waals surface area contributed by atoms with Crippen molar-refractivity contribution in [2.75, 3.05) is 11.9 Å². The van der Waals surface area contributed by atoms with E-state index in [0.717, 1.165) is 12.8 Å². The number of nitrogens with two attached hydrogens (primary N) is 1. The van der Waals surface area contributed by atoms with Gasteiger partial charge in [-0.15, -0.1) is 0 Å². The van der Waals surface area contributed by atoms with Gasteiger partial charge >= 0.3 is 0 Å². The first kappa shape index (κ1) is 15.0. The Balaban J connectivity index is 1.84. The van der Waals surface area contributed by atoms with Gasteiger partial charge in [0.1, 0.15) is 5.82 Å². The summed E-state index contributed by atoms with van der Waals surface area (Å²) in [5, 5.41) is 3.21. The quantitative estimate of drug-likeness (QED) is 0.848. The average Bonchev–Trinajstić information content (AvgIpc) is 3.26. The molecular weight excluding hydrogens is 347 g/mol. The maximum absolute atomic E-state index is 13.9. The fraction of sp³-hybridized carbons (Fsp3) is 0.235. The number of benzene rings is 2. The van der Waals surface area contributed by atoms with Crippen molar-refractivity contribution in [2.24, 2.45) is 5.73 Å². The fourth-order valence-electron chi connectivity index (χ4n) is 2.74. The molecule has 0 aliphatic heterocycles. The summed E-state index contributed by atoms with van der Waals surface area (Å²) in [7, 11) is 0. The first-order valence-corrected chi connectivity index (χ1v) is 7.89. The van der Waals surface area contributed by atoms with Crippen molar-refractivity contribution in [2.45, 2.75) is 18.3 Å². The summed E-state index contributed by atoms with van der Waals surface area (Å²) in [6, 6.07) is 13.2. The highest BCUT2D eigenvalue weighted by Gasteiger charge is 2.44. The highest BCUT2D eigenvalue weighted by atomic mass is 79.9. The first-order valence-electron chi connectivity index (χ1n) is 7.10. The number of amides is 1. The van der Waals surface area contributed by atoms with Crippen LogP contribution < -0.4 is 11.1 Å². The molecule has 0 heterocycles. The molecule has 0 spiro atoms. The molecule has 1 saturated carbocycles. The van der Waals surface area contributed by atoms with E-state index < -0.39 is 11.7 Å². The van der Waals surface area contributed by atoms with Gasteiger partial charge in [0.05, 0.1) is 11.3 Å². The van der Waals surface area contributed by atoms with E-state index in [1.807, 2.05) is 18.2 Å². The Hall–Kier alpha value is -1.88. The van der Waals surface area contributed by atoms with Crippen molar-refractivity contribution in [3.05, 3.63) is 63.9 Å². The second-order valence-electron chi connectivity index (χ2n) is 5.67. The minimum Gasteiger partial charge on any atom is -0.383 e. The Kier molecular flexibility index (Phi) is 3.91. The monoisotopic (exact) mass is 362 g/mol.